The predicted molar refractivity (Wildman–Crippen MR) is 59.6 cm³/mol. The van der Waals surface area contributed by atoms with Crippen LogP contribution < -0.4 is 4.74 Å². The standard InChI is InChI=1S/C11H11N3O3/c1-14-9(8-4-2-3-5-12-8)6-10(13-14)17-7-11(15)16/h2-6H,7H2,1H3,(H,15,16). The molecule has 0 saturated heterocycles. The van der Waals surface area contributed by atoms with Crippen LogP contribution in [0, 0.1) is 0 Å². The lowest BCUT2D eigenvalue weighted by Crippen LogP contribution is -2.09. The zero-order valence-corrected chi connectivity index (χ0v) is 9.20. The van der Waals surface area contributed by atoms with Crippen molar-refractivity contribution in [3.63, 3.8) is 0 Å². The summed E-state index contributed by atoms with van der Waals surface area (Å²) in [6, 6.07) is 7.19. The molecule has 0 atom stereocenters. The maximum atomic E-state index is 10.4. The van der Waals surface area contributed by atoms with Crippen molar-refractivity contribution >= 4 is 5.97 Å². The van der Waals surface area contributed by atoms with Gasteiger partial charge in [0.15, 0.2) is 6.61 Å². The number of hydrogen-bond acceptors (Lipinski definition) is 4. The molecule has 2 aromatic rings. The largest absolute Gasteiger partial charge is 0.479 e. The molecule has 0 fully saturated rings. The monoisotopic (exact) mass is 233 g/mol. The van der Waals surface area contributed by atoms with Gasteiger partial charge in [0.25, 0.3) is 0 Å². The van der Waals surface area contributed by atoms with E-state index in [0.29, 0.717) is 0 Å². The van der Waals surface area contributed by atoms with E-state index in [2.05, 4.69) is 10.1 Å². The first-order valence-electron chi connectivity index (χ1n) is 4.97. The number of aromatic nitrogens is 3. The van der Waals surface area contributed by atoms with E-state index >= 15 is 0 Å². The number of pyridine rings is 1. The lowest BCUT2D eigenvalue weighted by atomic mass is 10.3. The molecule has 6 heteroatoms. The van der Waals surface area contributed by atoms with E-state index in [1.807, 2.05) is 18.2 Å². The van der Waals surface area contributed by atoms with Crippen molar-refractivity contribution in [2.24, 2.45) is 7.05 Å². The number of ether oxygens (including phenoxy) is 1. The normalized spacial score (nSPS) is 10.2. The van der Waals surface area contributed by atoms with Gasteiger partial charge in [0.05, 0.1) is 11.4 Å². The summed E-state index contributed by atoms with van der Waals surface area (Å²) in [7, 11) is 1.75. The topological polar surface area (TPSA) is 77.2 Å². The number of carboxylic acid groups (broad SMARTS) is 1. The van der Waals surface area contributed by atoms with Crippen molar-refractivity contribution in [2.45, 2.75) is 0 Å². The SMILES string of the molecule is Cn1nc(OCC(=O)O)cc1-c1ccccn1. The number of aliphatic carboxylic acids is 1. The highest BCUT2D eigenvalue weighted by atomic mass is 16.5. The first kappa shape index (κ1) is 11.1. The Labute approximate surface area is 97.5 Å². The molecule has 0 aromatic carbocycles. The molecule has 0 aliphatic heterocycles. The zero-order chi connectivity index (χ0) is 12.3. The summed E-state index contributed by atoms with van der Waals surface area (Å²) < 4.78 is 6.59. The maximum absolute atomic E-state index is 10.4. The van der Waals surface area contributed by atoms with Crippen LogP contribution >= 0.6 is 0 Å². The van der Waals surface area contributed by atoms with Gasteiger partial charge in [0.1, 0.15) is 0 Å². The molecule has 88 valence electrons. The fourth-order valence-corrected chi connectivity index (χ4v) is 1.40. The van der Waals surface area contributed by atoms with Gasteiger partial charge in [0.2, 0.25) is 5.88 Å². The van der Waals surface area contributed by atoms with Gasteiger partial charge >= 0.3 is 5.97 Å². The molecule has 0 radical (unpaired) electrons. The Morgan fingerprint density at radius 3 is 3.00 bits per heavy atom. The summed E-state index contributed by atoms with van der Waals surface area (Å²) in [6.45, 7) is -0.404. The zero-order valence-electron chi connectivity index (χ0n) is 9.20. The summed E-state index contributed by atoms with van der Waals surface area (Å²) in [4.78, 5) is 14.5. The minimum Gasteiger partial charge on any atom is -0.479 e. The van der Waals surface area contributed by atoms with Crippen molar-refractivity contribution in [3.8, 4) is 17.3 Å². The van der Waals surface area contributed by atoms with Crippen LogP contribution in [0.1, 0.15) is 0 Å². The van der Waals surface area contributed by atoms with Crippen molar-refractivity contribution in [2.75, 3.05) is 6.61 Å². The summed E-state index contributed by atoms with van der Waals surface area (Å²) >= 11 is 0. The third-order valence-corrected chi connectivity index (χ3v) is 2.13. The second-order valence-corrected chi connectivity index (χ2v) is 3.39. The van der Waals surface area contributed by atoms with Crippen LogP contribution in [0.25, 0.3) is 11.4 Å². The van der Waals surface area contributed by atoms with Crippen molar-refractivity contribution in [3.05, 3.63) is 30.5 Å². The molecular formula is C11H11N3O3. The lowest BCUT2D eigenvalue weighted by Gasteiger charge is -1.98. The first-order chi connectivity index (χ1) is 8.16. The van der Waals surface area contributed by atoms with Gasteiger partial charge in [-0.2, -0.15) is 0 Å². The minimum atomic E-state index is -1.03. The van der Waals surface area contributed by atoms with Crippen LogP contribution in [0.2, 0.25) is 0 Å². The van der Waals surface area contributed by atoms with E-state index in [1.165, 1.54) is 0 Å². The number of carbonyl (C=O) groups is 1. The van der Waals surface area contributed by atoms with Gasteiger partial charge in [-0.05, 0) is 12.1 Å². The molecule has 0 aliphatic carbocycles. The molecule has 0 bridgehead atoms. The van der Waals surface area contributed by atoms with Crippen molar-refractivity contribution < 1.29 is 14.6 Å². The molecule has 2 rings (SSSR count). The first-order valence-corrected chi connectivity index (χ1v) is 4.97. The fourth-order valence-electron chi connectivity index (χ4n) is 1.40. The van der Waals surface area contributed by atoms with E-state index < -0.39 is 12.6 Å². The molecule has 17 heavy (non-hydrogen) atoms. The van der Waals surface area contributed by atoms with Crippen LogP contribution in [0.15, 0.2) is 30.5 Å². The van der Waals surface area contributed by atoms with Crippen LogP contribution in [0.5, 0.6) is 5.88 Å². The third kappa shape index (κ3) is 2.60. The van der Waals surface area contributed by atoms with E-state index in [1.54, 1.807) is 24.0 Å². The summed E-state index contributed by atoms with van der Waals surface area (Å²) in [5.74, 6) is -0.759. The quantitative estimate of drug-likeness (QED) is 0.850. The molecule has 0 spiro atoms. The summed E-state index contributed by atoms with van der Waals surface area (Å²) in [5, 5.41) is 12.5. The second kappa shape index (κ2) is 4.65. The van der Waals surface area contributed by atoms with Crippen molar-refractivity contribution in [1.82, 2.24) is 14.8 Å². The van der Waals surface area contributed by atoms with E-state index in [-0.39, 0.29) is 5.88 Å². The lowest BCUT2D eigenvalue weighted by molar-refractivity contribution is -0.139. The highest BCUT2D eigenvalue weighted by molar-refractivity contribution is 5.68. The Morgan fingerprint density at radius 1 is 1.53 bits per heavy atom. The van der Waals surface area contributed by atoms with Crippen LogP contribution in [-0.2, 0) is 11.8 Å². The average molecular weight is 233 g/mol. The molecule has 0 aliphatic rings. The van der Waals surface area contributed by atoms with Crippen molar-refractivity contribution in [1.29, 1.82) is 0 Å². The number of nitrogens with zero attached hydrogens (tertiary/aromatic N) is 3. The van der Waals surface area contributed by atoms with Crippen LogP contribution in [0.3, 0.4) is 0 Å². The molecule has 6 nitrogen and oxygen atoms in total. The number of carboxylic acids is 1. The number of rotatable bonds is 4. The summed E-state index contributed by atoms with van der Waals surface area (Å²) in [5.41, 5.74) is 1.53. The third-order valence-electron chi connectivity index (χ3n) is 2.13. The summed E-state index contributed by atoms with van der Waals surface area (Å²) in [6.07, 6.45) is 1.68. The highest BCUT2D eigenvalue weighted by Crippen LogP contribution is 2.20. The molecule has 1 N–H and O–H groups in total. The van der Waals surface area contributed by atoms with Gasteiger partial charge in [-0.3, -0.25) is 9.67 Å². The van der Waals surface area contributed by atoms with Gasteiger partial charge in [-0.1, -0.05) is 6.07 Å². The molecule has 2 heterocycles. The highest BCUT2D eigenvalue weighted by Gasteiger charge is 2.09. The van der Waals surface area contributed by atoms with Crippen LogP contribution in [0.4, 0.5) is 0 Å². The van der Waals surface area contributed by atoms with Crippen LogP contribution in [-0.4, -0.2) is 32.4 Å². The second-order valence-electron chi connectivity index (χ2n) is 3.39. The fraction of sp³-hybridized carbons (Fsp3) is 0.182. The van der Waals surface area contributed by atoms with E-state index in [0.717, 1.165) is 11.4 Å². The van der Waals surface area contributed by atoms with E-state index in [4.69, 9.17) is 9.84 Å². The molecular weight excluding hydrogens is 222 g/mol. The maximum Gasteiger partial charge on any atom is 0.341 e. The number of hydrogen-bond donors (Lipinski definition) is 1. The predicted octanol–water partition coefficient (Wildman–Crippen LogP) is 0.946. The molecule has 0 unspecified atom stereocenters. The van der Waals surface area contributed by atoms with E-state index in [9.17, 15) is 4.79 Å². The Kier molecular flexibility index (Phi) is 3.04. The minimum absolute atomic E-state index is 0.274. The Bertz CT molecular complexity index is 522. The van der Waals surface area contributed by atoms with Gasteiger partial charge < -0.3 is 9.84 Å². The van der Waals surface area contributed by atoms with Gasteiger partial charge in [-0.25, -0.2) is 4.79 Å². The Morgan fingerprint density at radius 2 is 2.35 bits per heavy atom. The average Bonchev–Trinajstić information content (AvgIpc) is 2.69. The van der Waals surface area contributed by atoms with Gasteiger partial charge in [0, 0.05) is 19.3 Å². The number of aryl methyl sites for hydroxylation is 1. The molecule has 0 amide bonds. The Hall–Kier alpha value is -2.37. The molecule has 0 saturated carbocycles. The Balaban J connectivity index is 2.22. The molecule has 2 aromatic heterocycles. The van der Waals surface area contributed by atoms with Gasteiger partial charge in [-0.15, -0.1) is 5.10 Å². The smallest absolute Gasteiger partial charge is 0.341 e.